The first kappa shape index (κ1) is 23.9. The molecule has 0 aromatic heterocycles. The number of unbranched alkanes of at least 4 members (excludes halogenated alkanes) is 5. The average Bonchev–Trinajstić information content (AvgIpc) is 2.88. The van der Waals surface area contributed by atoms with Gasteiger partial charge < -0.3 is 20.4 Å². The number of hydrogen-bond acceptors (Lipinski definition) is 4. The van der Waals surface area contributed by atoms with E-state index in [1.165, 1.54) is 19.3 Å². The molecule has 0 aromatic rings. The van der Waals surface area contributed by atoms with Crippen molar-refractivity contribution in [3.63, 3.8) is 0 Å². The molecule has 156 valence electrons. The summed E-state index contributed by atoms with van der Waals surface area (Å²) in [6.07, 6.45) is 14.8. The second kappa shape index (κ2) is 13.9. The van der Waals surface area contributed by atoms with Crippen molar-refractivity contribution in [2.24, 2.45) is 11.8 Å². The smallest absolute Gasteiger partial charge is 0.303 e. The number of carboxylic acids is 1. The zero-order valence-electron chi connectivity index (χ0n) is 16.7. The number of aliphatic hydroxyl groups is 3. The highest BCUT2D eigenvalue weighted by atomic mass is 16.4. The van der Waals surface area contributed by atoms with Crippen molar-refractivity contribution >= 4 is 5.97 Å². The minimum Gasteiger partial charge on any atom is -0.481 e. The summed E-state index contributed by atoms with van der Waals surface area (Å²) in [5.41, 5.74) is 0. The maximum atomic E-state index is 10.5. The number of allylic oxidation sites excluding steroid dienone is 1. The molecule has 5 nitrogen and oxygen atoms in total. The van der Waals surface area contributed by atoms with Crippen molar-refractivity contribution in [1.82, 2.24) is 0 Å². The average molecular weight is 383 g/mol. The maximum absolute atomic E-state index is 10.5. The number of aliphatic hydroxyl groups excluding tert-OH is 3. The van der Waals surface area contributed by atoms with Gasteiger partial charge in [0.2, 0.25) is 0 Å². The Morgan fingerprint density at radius 2 is 1.85 bits per heavy atom. The summed E-state index contributed by atoms with van der Waals surface area (Å²) in [6.45, 7) is 2.18. The Hall–Kier alpha value is -1.17. The van der Waals surface area contributed by atoms with Crippen LogP contribution < -0.4 is 0 Å². The Labute approximate surface area is 163 Å². The molecule has 0 unspecified atom stereocenters. The van der Waals surface area contributed by atoms with E-state index in [0.29, 0.717) is 19.3 Å². The largest absolute Gasteiger partial charge is 0.481 e. The lowest BCUT2D eigenvalue weighted by atomic mass is 9.88. The van der Waals surface area contributed by atoms with E-state index in [0.717, 1.165) is 25.7 Å². The predicted octanol–water partition coefficient (Wildman–Crippen LogP) is 3.82. The number of aliphatic carboxylic acids is 1. The van der Waals surface area contributed by atoms with Crippen LogP contribution in [0.15, 0.2) is 24.3 Å². The van der Waals surface area contributed by atoms with Crippen molar-refractivity contribution in [1.29, 1.82) is 0 Å². The van der Waals surface area contributed by atoms with Crippen LogP contribution in [0, 0.1) is 11.8 Å². The lowest BCUT2D eigenvalue weighted by Gasteiger charge is -2.21. The molecule has 4 N–H and O–H groups in total. The van der Waals surface area contributed by atoms with Gasteiger partial charge in [-0.2, -0.15) is 0 Å². The molecule has 5 atom stereocenters. The zero-order valence-corrected chi connectivity index (χ0v) is 16.7. The van der Waals surface area contributed by atoms with E-state index in [1.54, 1.807) is 6.08 Å². The SMILES string of the molecule is CCCCC/C=C\C[C@H](O)/C=C/[C@@H]1[C@H](CCCCCC(=O)O)[C@@H](O)C[C@H]1O. The fraction of sp³-hybridized carbons (Fsp3) is 0.773. The molecule has 27 heavy (non-hydrogen) atoms. The molecule has 1 aliphatic carbocycles. The molecule has 5 heteroatoms. The van der Waals surface area contributed by atoms with Crippen LogP contribution in [0.2, 0.25) is 0 Å². The van der Waals surface area contributed by atoms with Gasteiger partial charge in [0, 0.05) is 18.8 Å². The minimum absolute atomic E-state index is 0.0298. The summed E-state index contributed by atoms with van der Waals surface area (Å²) in [5.74, 6) is -0.957. The molecule has 1 fully saturated rings. The van der Waals surface area contributed by atoms with E-state index < -0.39 is 24.3 Å². The summed E-state index contributed by atoms with van der Waals surface area (Å²) in [5, 5.41) is 39.2. The lowest BCUT2D eigenvalue weighted by molar-refractivity contribution is -0.137. The fourth-order valence-electron chi connectivity index (χ4n) is 3.81. The Balaban J connectivity index is 2.39. The van der Waals surface area contributed by atoms with E-state index in [1.807, 2.05) is 12.2 Å². The molecule has 0 amide bonds. The Morgan fingerprint density at radius 3 is 2.56 bits per heavy atom. The highest BCUT2D eigenvalue weighted by molar-refractivity contribution is 5.66. The molecule has 0 saturated heterocycles. The predicted molar refractivity (Wildman–Crippen MR) is 107 cm³/mol. The topological polar surface area (TPSA) is 98.0 Å². The van der Waals surface area contributed by atoms with Gasteiger partial charge in [-0.15, -0.1) is 0 Å². The number of rotatable bonds is 14. The quantitative estimate of drug-likeness (QED) is 0.270. The third-order valence-corrected chi connectivity index (χ3v) is 5.42. The molecule has 0 bridgehead atoms. The van der Waals surface area contributed by atoms with E-state index in [9.17, 15) is 20.1 Å². The third-order valence-electron chi connectivity index (χ3n) is 5.42. The van der Waals surface area contributed by atoms with Gasteiger partial charge in [0.1, 0.15) is 0 Å². The van der Waals surface area contributed by atoms with E-state index in [4.69, 9.17) is 5.11 Å². The summed E-state index contributed by atoms with van der Waals surface area (Å²) < 4.78 is 0. The van der Waals surface area contributed by atoms with Gasteiger partial charge >= 0.3 is 5.97 Å². The van der Waals surface area contributed by atoms with Gasteiger partial charge in [-0.05, 0) is 38.0 Å². The highest BCUT2D eigenvalue weighted by Crippen LogP contribution is 2.37. The molecular formula is C22H38O5. The van der Waals surface area contributed by atoms with Gasteiger partial charge in [-0.3, -0.25) is 4.79 Å². The van der Waals surface area contributed by atoms with Crippen molar-refractivity contribution in [3.8, 4) is 0 Å². The normalized spacial score (nSPS) is 27.0. The molecule has 1 aliphatic rings. The van der Waals surface area contributed by atoms with Gasteiger partial charge in [-0.1, -0.05) is 56.9 Å². The third kappa shape index (κ3) is 10.1. The molecule has 1 saturated carbocycles. The summed E-state index contributed by atoms with van der Waals surface area (Å²) >= 11 is 0. The molecule has 0 heterocycles. The van der Waals surface area contributed by atoms with Crippen LogP contribution in [0.5, 0.6) is 0 Å². The van der Waals surface area contributed by atoms with Crippen LogP contribution in [-0.4, -0.2) is 44.7 Å². The van der Waals surface area contributed by atoms with E-state index >= 15 is 0 Å². The first-order valence-electron chi connectivity index (χ1n) is 10.5. The van der Waals surface area contributed by atoms with E-state index in [-0.39, 0.29) is 18.3 Å². The first-order valence-corrected chi connectivity index (χ1v) is 10.5. The van der Waals surface area contributed by atoms with Gasteiger partial charge in [0.15, 0.2) is 0 Å². The van der Waals surface area contributed by atoms with Crippen LogP contribution in [-0.2, 0) is 4.79 Å². The number of carbonyl (C=O) groups is 1. The van der Waals surface area contributed by atoms with Crippen molar-refractivity contribution in [2.75, 3.05) is 0 Å². The molecule has 0 spiro atoms. The Kier molecular flexibility index (Phi) is 12.3. The van der Waals surface area contributed by atoms with Crippen LogP contribution in [0.1, 0.15) is 77.6 Å². The van der Waals surface area contributed by atoms with Gasteiger partial charge in [0.25, 0.3) is 0 Å². The second-order valence-corrected chi connectivity index (χ2v) is 7.76. The first-order chi connectivity index (χ1) is 13.0. The molecule has 0 radical (unpaired) electrons. The molecular weight excluding hydrogens is 344 g/mol. The van der Waals surface area contributed by atoms with Crippen molar-refractivity contribution < 1.29 is 25.2 Å². The van der Waals surface area contributed by atoms with Crippen LogP contribution in [0.4, 0.5) is 0 Å². The number of carboxylic acid groups (broad SMARTS) is 1. The highest BCUT2D eigenvalue weighted by Gasteiger charge is 2.39. The van der Waals surface area contributed by atoms with Crippen LogP contribution >= 0.6 is 0 Å². The summed E-state index contributed by atoms with van der Waals surface area (Å²) in [4.78, 5) is 10.5. The van der Waals surface area contributed by atoms with Crippen molar-refractivity contribution in [2.45, 2.75) is 95.9 Å². The Morgan fingerprint density at radius 1 is 1.07 bits per heavy atom. The lowest BCUT2D eigenvalue weighted by Crippen LogP contribution is -2.21. The molecule has 1 rings (SSSR count). The number of hydrogen-bond donors (Lipinski definition) is 4. The van der Waals surface area contributed by atoms with Crippen molar-refractivity contribution in [3.05, 3.63) is 24.3 Å². The van der Waals surface area contributed by atoms with Gasteiger partial charge in [0.05, 0.1) is 18.3 Å². The Bertz CT molecular complexity index is 460. The summed E-state index contributed by atoms with van der Waals surface area (Å²) in [7, 11) is 0. The van der Waals surface area contributed by atoms with Crippen LogP contribution in [0.3, 0.4) is 0 Å². The van der Waals surface area contributed by atoms with Gasteiger partial charge in [-0.25, -0.2) is 0 Å². The monoisotopic (exact) mass is 382 g/mol. The molecule has 0 aliphatic heterocycles. The second-order valence-electron chi connectivity index (χ2n) is 7.76. The summed E-state index contributed by atoms with van der Waals surface area (Å²) in [6, 6.07) is 0. The minimum atomic E-state index is -0.777. The fourth-order valence-corrected chi connectivity index (χ4v) is 3.81. The van der Waals surface area contributed by atoms with Crippen LogP contribution in [0.25, 0.3) is 0 Å². The molecule has 0 aromatic carbocycles. The zero-order chi connectivity index (χ0) is 20.1. The van der Waals surface area contributed by atoms with E-state index in [2.05, 4.69) is 13.0 Å². The maximum Gasteiger partial charge on any atom is 0.303 e. The standard InChI is InChI=1S/C22H38O5/c1-2-3-4-5-6-8-11-17(23)14-15-19-18(20(24)16-21(19)25)12-9-7-10-13-22(26)27/h6,8,14-15,17-21,23-25H,2-5,7,9-13,16H2,1H3,(H,26,27)/b8-6-,15-14+/t17-,18-,19+,20-,21+/m0/s1.